The van der Waals surface area contributed by atoms with Crippen LogP contribution < -0.4 is 15.8 Å². The molecule has 0 fully saturated rings. The Hall–Kier alpha value is -3.14. The summed E-state index contributed by atoms with van der Waals surface area (Å²) in [6, 6.07) is 10.6. The van der Waals surface area contributed by atoms with Crippen molar-refractivity contribution in [3.8, 4) is 17.2 Å². The van der Waals surface area contributed by atoms with E-state index in [4.69, 9.17) is 10.5 Å². The van der Waals surface area contributed by atoms with Crippen LogP contribution >= 0.6 is 21.6 Å². The predicted molar refractivity (Wildman–Crippen MR) is 163 cm³/mol. The lowest BCUT2D eigenvalue weighted by Gasteiger charge is -2.29. The second-order valence-electron chi connectivity index (χ2n) is 10.1. The number of ketones is 2. The van der Waals surface area contributed by atoms with Gasteiger partial charge in [-0.15, -0.1) is 0 Å². The molecule has 212 valence electrons. The minimum absolute atomic E-state index is 0.00126. The zero-order chi connectivity index (χ0) is 28.6. The molecular formula is C31H36N2O5S2. The molecule has 0 aliphatic carbocycles. The Labute approximate surface area is 243 Å². The largest absolute Gasteiger partial charge is 0.508 e. The zero-order valence-corrected chi connectivity index (χ0v) is 24.4. The molecule has 2 aliphatic heterocycles. The smallest absolute Gasteiger partial charge is 0.163 e. The number of carbonyl (C=O) groups excluding carboxylic acids is 2. The van der Waals surface area contributed by atoms with E-state index in [1.54, 1.807) is 51.9 Å². The lowest BCUT2D eigenvalue weighted by molar-refractivity contribution is -0.124. The van der Waals surface area contributed by atoms with Gasteiger partial charge in [0.1, 0.15) is 11.5 Å². The summed E-state index contributed by atoms with van der Waals surface area (Å²) in [6.07, 6.45) is 9.01. The van der Waals surface area contributed by atoms with Gasteiger partial charge in [-0.05, 0) is 76.9 Å². The molecule has 7 nitrogen and oxygen atoms in total. The Balaban J connectivity index is 1.76. The van der Waals surface area contributed by atoms with Crippen LogP contribution in [0.3, 0.4) is 0 Å². The van der Waals surface area contributed by atoms with Gasteiger partial charge in [0.2, 0.25) is 0 Å². The molecule has 2 aromatic rings. The van der Waals surface area contributed by atoms with Gasteiger partial charge >= 0.3 is 0 Å². The fourth-order valence-corrected chi connectivity index (χ4v) is 8.07. The third-order valence-corrected chi connectivity index (χ3v) is 10.0. The summed E-state index contributed by atoms with van der Waals surface area (Å²) in [5, 5.41) is 23.9. The molecule has 9 heteroatoms. The third kappa shape index (κ3) is 7.74. The molecule has 0 radical (unpaired) electrons. The summed E-state index contributed by atoms with van der Waals surface area (Å²) >= 11 is 0. The zero-order valence-electron chi connectivity index (χ0n) is 22.8. The van der Waals surface area contributed by atoms with E-state index in [2.05, 4.69) is 18.3 Å². The number of phenols is 2. The molecule has 0 saturated heterocycles. The topological polar surface area (TPSA) is 122 Å². The highest BCUT2D eigenvalue weighted by Gasteiger charge is 2.26. The number of rotatable bonds is 3. The van der Waals surface area contributed by atoms with Crippen molar-refractivity contribution < 1.29 is 24.5 Å². The van der Waals surface area contributed by atoms with Crippen LogP contribution in [-0.4, -0.2) is 40.8 Å². The standard InChI is InChI=1S/C31H36N2O5S2/c1-3-19-7-9-25(35)16-26(36)10-8-21-15-29(38-2)28(37)14-23(21)11-20-12-27(31(32)33-17-20)30(40-39-18-19)22-5-4-6-24(34)13-22/h4-6,8,10,12-15,17,19,30-31,33-34,37H,3,7,9,11,16,18,32H2,1-2H3/b10-8+/t19-,30-,31?/m0/s1. The molecule has 0 spiro atoms. The van der Waals surface area contributed by atoms with E-state index in [0.717, 1.165) is 40.9 Å². The van der Waals surface area contributed by atoms with E-state index in [0.29, 0.717) is 30.1 Å². The van der Waals surface area contributed by atoms with Crippen molar-refractivity contribution in [2.24, 2.45) is 11.7 Å². The number of Topliss-reactive ketones (excluding diaryl/α,β-unsaturated/α-hetero) is 1. The number of fused-ring (bicyclic) bond motifs is 2. The van der Waals surface area contributed by atoms with Crippen molar-refractivity contribution in [2.45, 2.75) is 50.4 Å². The average molecular weight is 581 g/mol. The Kier molecular flexibility index (Phi) is 10.4. The average Bonchev–Trinajstić information content (AvgIpc) is 2.93. The van der Waals surface area contributed by atoms with Gasteiger partial charge in [0.25, 0.3) is 0 Å². The number of methoxy groups -OCH3 is 1. The number of hydrogen-bond acceptors (Lipinski definition) is 9. The van der Waals surface area contributed by atoms with E-state index >= 15 is 0 Å². The molecule has 2 bridgehead atoms. The van der Waals surface area contributed by atoms with Gasteiger partial charge in [-0.3, -0.25) is 9.59 Å². The molecule has 2 heterocycles. The second kappa shape index (κ2) is 14.0. The maximum Gasteiger partial charge on any atom is 0.163 e. The Bertz CT molecular complexity index is 1340. The van der Waals surface area contributed by atoms with E-state index in [-0.39, 0.29) is 34.7 Å². The summed E-state index contributed by atoms with van der Waals surface area (Å²) in [6.45, 7) is 2.12. The van der Waals surface area contributed by atoms with E-state index < -0.39 is 6.17 Å². The maximum atomic E-state index is 12.6. The predicted octanol–water partition coefficient (Wildman–Crippen LogP) is 5.83. The first-order valence-corrected chi connectivity index (χ1v) is 15.8. The quantitative estimate of drug-likeness (QED) is 0.262. The van der Waals surface area contributed by atoms with Crippen molar-refractivity contribution >= 4 is 39.2 Å². The van der Waals surface area contributed by atoms with Crippen molar-refractivity contribution in [1.29, 1.82) is 0 Å². The lowest BCUT2D eigenvalue weighted by atomic mass is 9.93. The SMILES string of the molecule is CC[C@H]1CCC(=O)CC(=O)/C=C/c2cc(OC)c(O)cc2CC2=CNC(N)C(=C2)[C@H](c2cccc(O)c2)SSC1. The number of dihydropyridines is 1. The number of aromatic hydroxyl groups is 2. The van der Waals surface area contributed by atoms with Crippen molar-refractivity contribution in [2.75, 3.05) is 12.9 Å². The van der Waals surface area contributed by atoms with E-state index in [1.165, 1.54) is 13.2 Å². The van der Waals surface area contributed by atoms with Crippen LogP contribution in [0.15, 0.2) is 65.9 Å². The highest BCUT2D eigenvalue weighted by molar-refractivity contribution is 8.76. The first-order chi connectivity index (χ1) is 19.3. The van der Waals surface area contributed by atoms with Crippen LogP contribution in [-0.2, 0) is 16.0 Å². The van der Waals surface area contributed by atoms with Gasteiger partial charge in [0.15, 0.2) is 17.3 Å². The van der Waals surface area contributed by atoms with Crippen molar-refractivity contribution in [1.82, 2.24) is 5.32 Å². The van der Waals surface area contributed by atoms with Crippen LogP contribution in [0.25, 0.3) is 6.08 Å². The van der Waals surface area contributed by atoms with Crippen LogP contribution in [0.4, 0.5) is 0 Å². The number of nitrogens with two attached hydrogens (primary N) is 1. The maximum absolute atomic E-state index is 12.6. The van der Waals surface area contributed by atoms with Gasteiger partial charge < -0.3 is 26.0 Å². The number of benzene rings is 2. The van der Waals surface area contributed by atoms with Crippen LogP contribution in [0.1, 0.15) is 54.5 Å². The van der Waals surface area contributed by atoms with E-state index in [9.17, 15) is 19.8 Å². The molecule has 0 saturated carbocycles. The summed E-state index contributed by atoms with van der Waals surface area (Å²) < 4.78 is 5.31. The molecular weight excluding hydrogens is 544 g/mol. The van der Waals surface area contributed by atoms with Crippen molar-refractivity contribution in [3.05, 3.63) is 82.6 Å². The fourth-order valence-electron chi connectivity index (χ4n) is 4.79. The second-order valence-corrected chi connectivity index (χ2v) is 12.6. The van der Waals surface area contributed by atoms with E-state index in [1.807, 2.05) is 18.3 Å². The minimum atomic E-state index is -0.421. The molecule has 5 N–H and O–H groups in total. The number of carbonyl (C=O) groups is 2. The van der Waals surface area contributed by atoms with Gasteiger partial charge in [0, 0.05) is 18.4 Å². The molecule has 3 atom stereocenters. The molecule has 4 rings (SSSR count). The monoisotopic (exact) mass is 580 g/mol. The summed E-state index contributed by atoms with van der Waals surface area (Å²) in [5.41, 5.74) is 10.9. The molecule has 2 aliphatic rings. The Morgan fingerprint density at radius 1 is 1.12 bits per heavy atom. The lowest BCUT2D eigenvalue weighted by Crippen LogP contribution is -2.39. The number of hydrogen-bond donors (Lipinski definition) is 4. The first-order valence-electron chi connectivity index (χ1n) is 13.4. The normalized spacial score (nSPS) is 23.5. The Morgan fingerprint density at radius 2 is 1.95 bits per heavy atom. The molecule has 2 aromatic carbocycles. The van der Waals surface area contributed by atoms with Crippen molar-refractivity contribution in [3.63, 3.8) is 0 Å². The highest BCUT2D eigenvalue weighted by atomic mass is 33.1. The van der Waals surface area contributed by atoms with Gasteiger partial charge in [0.05, 0.1) is 24.9 Å². The highest BCUT2D eigenvalue weighted by Crippen LogP contribution is 2.46. The summed E-state index contributed by atoms with van der Waals surface area (Å²) in [4.78, 5) is 25.2. The third-order valence-electron chi connectivity index (χ3n) is 7.17. The molecule has 0 amide bonds. The van der Waals surface area contributed by atoms with Gasteiger partial charge in [-0.25, -0.2) is 0 Å². The summed E-state index contributed by atoms with van der Waals surface area (Å²) in [5.74, 6) is 1.37. The van der Waals surface area contributed by atoms with Gasteiger partial charge in [-0.1, -0.05) is 59.2 Å². The van der Waals surface area contributed by atoms with Crippen LogP contribution in [0, 0.1) is 5.92 Å². The van der Waals surface area contributed by atoms with Crippen LogP contribution in [0.5, 0.6) is 17.2 Å². The minimum Gasteiger partial charge on any atom is -0.508 e. The molecule has 0 aromatic heterocycles. The number of phenolic OH excluding ortho intramolecular Hbond substituents is 2. The molecule has 40 heavy (non-hydrogen) atoms. The first kappa shape index (κ1) is 29.8. The number of ether oxygens (including phenoxy) is 1. The summed E-state index contributed by atoms with van der Waals surface area (Å²) in [7, 11) is 4.90. The Morgan fingerprint density at radius 3 is 2.70 bits per heavy atom. The van der Waals surface area contributed by atoms with Crippen LogP contribution in [0.2, 0.25) is 0 Å². The molecule has 1 unspecified atom stereocenters. The number of nitrogens with one attached hydrogen (secondary N) is 1. The van der Waals surface area contributed by atoms with Gasteiger partial charge in [-0.2, -0.15) is 0 Å². The fraction of sp³-hybridized carbons (Fsp3) is 0.355. The number of allylic oxidation sites excluding steroid dienone is 3.